The second kappa shape index (κ2) is 10.2. The van der Waals surface area contributed by atoms with Gasteiger partial charge in [0.2, 0.25) is 5.91 Å². The highest BCUT2D eigenvalue weighted by molar-refractivity contribution is 7.99. The molecule has 2 heterocycles. The van der Waals surface area contributed by atoms with Crippen molar-refractivity contribution in [2.24, 2.45) is 7.05 Å². The summed E-state index contributed by atoms with van der Waals surface area (Å²) in [5.74, 6) is -1.07. The molecule has 2 aromatic heterocycles. The molecule has 168 valence electrons. The summed E-state index contributed by atoms with van der Waals surface area (Å²) in [6.45, 7) is 1.59. The van der Waals surface area contributed by atoms with Crippen LogP contribution in [0.5, 0.6) is 0 Å². The number of carbonyl (C=O) groups excluding carboxylic acids is 3. The van der Waals surface area contributed by atoms with E-state index in [9.17, 15) is 14.4 Å². The number of ether oxygens (including phenoxy) is 2. The van der Waals surface area contributed by atoms with Gasteiger partial charge < -0.3 is 19.4 Å². The van der Waals surface area contributed by atoms with Gasteiger partial charge in [0, 0.05) is 12.6 Å². The Hall–Kier alpha value is -2.89. The summed E-state index contributed by atoms with van der Waals surface area (Å²) < 4.78 is 11.3. The van der Waals surface area contributed by atoms with Crippen LogP contribution in [-0.2, 0) is 21.3 Å². The fourth-order valence-electron chi connectivity index (χ4n) is 2.85. The summed E-state index contributed by atoms with van der Waals surface area (Å²) in [6.07, 6.45) is 0. The first-order valence-electron chi connectivity index (χ1n) is 9.15. The van der Waals surface area contributed by atoms with Crippen LogP contribution in [0.4, 0.5) is 5.00 Å². The first kappa shape index (κ1) is 23.8. The summed E-state index contributed by atoms with van der Waals surface area (Å²) in [7, 11) is 4.24. The summed E-state index contributed by atoms with van der Waals surface area (Å²) in [4.78, 5) is 37.0. The lowest BCUT2D eigenvalue weighted by Crippen LogP contribution is -2.16. The number of nitrogens with zero attached hydrogens (tertiary/aromatic N) is 3. The molecule has 0 fully saturated rings. The van der Waals surface area contributed by atoms with E-state index in [1.54, 1.807) is 24.6 Å². The van der Waals surface area contributed by atoms with Crippen molar-refractivity contribution >= 4 is 57.5 Å². The monoisotopic (exact) mass is 494 g/mol. The Bertz CT molecular complexity index is 1190. The number of rotatable bonds is 7. The number of nitrogens with one attached hydrogen (secondary N) is 1. The van der Waals surface area contributed by atoms with Gasteiger partial charge in [-0.25, -0.2) is 9.59 Å². The van der Waals surface area contributed by atoms with Crippen molar-refractivity contribution in [1.82, 2.24) is 14.8 Å². The van der Waals surface area contributed by atoms with E-state index < -0.39 is 11.9 Å². The van der Waals surface area contributed by atoms with Gasteiger partial charge in [0.05, 0.1) is 30.6 Å². The maximum atomic E-state index is 12.6. The highest BCUT2D eigenvalue weighted by Gasteiger charge is 2.27. The molecule has 9 nitrogen and oxygen atoms in total. The van der Waals surface area contributed by atoms with Crippen molar-refractivity contribution in [2.45, 2.75) is 12.1 Å². The predicted octanol–water partition coefficient (Wildman–Crippen LogP) is 3.81. The first-order chi connectivity index (χ1) is 15.3. The molecule has 0 saturated carbocycles. The minimum atomic E-state index is -0.658. The van der Waals surface area contributed by atoms with Crippen molar-refractivity contribution in [1.29, 1.82) is 0 Å². The van der Waals surface area contributed by atoms with E-state index in [1.807, 2.05) is 18.2 Å². The molecule has 3 aromatic rings. The van der Waals surface area contributed by atoms with Crippen LogP contribution in [0.1, 0.15) is 25.6 Å². The number of anilines is 1. The van der Waals surface area contributed by atoms with Crippen LogP contribution in [0, 0.1) is 6.92 Å². The van der Waals surface area contributed by atoms with Crippen LogP contribution in [-0.4, -0.2) is 52.6 Å². The molecule has 0 aliphatic heterocycles. The Kier molecular flexibility index (Phi) is 7.54. The average molecular weight is 495 g/mol. The molecule has 1 amide bonds. The van der Waals surface area contributed by atoms with Gasteiger partial charge in [-0.2, -0.15) is 0 Å². The van der Waals surface area contributed by atoms with Crippen molar-refractivity contribution < 1.29 is 23.9 Å². The van der Waals surface area contributed by atoms with Gasteiger partial charge in [-0.05, 0) is 24.6 Å². The van der Waals surface area contributed by atoms with E-state index in [4.69, 9.17) is 21.1 Å². The molecular weight excluding hydrogens is 476 g/mol. The third-order valence-corrected chi connectivity index (χ3v) is 6.98. The number of esters is 2. The van der Waals surface area contributed by atoms with Gasteiger partial charge >= 0.3 is 11.9 Å². The third-order valence-electron chi connectivity index (χ3n) is 4.44. The average Bonchev–Trinajstić information content (AvgIpc) is 3.30. The highest BCUT2D eigenvalue weighted by atomic mass is 35.5. The van der Waals surface area contributed by atoms with E-state index in [0.29, 0.717) is 21.6 Å². The second-order valence-electron chi connectivity index (χ2n) is 6.43. The van der Waals surface area contributed by atoms with Crippen LogP contribution in [0.3, 0.4) is 0 Å². The maximum Gasteiger partial charge on any atom is 0.348 e. The number of benzene rings is 1. The number of methoxy groups -OCH3 is 2. The van der Waals surface area contributed by atoms with Crippen molar-refractivity contribution in [3.05, 3.63) is 45.3 Å². The molecule has 1 aromatic carbocycles. The zero-order valence-corrected chi connectivity index (χ0v) is 20.0. The zero-order valence-electron chi connectivity index (χ0n) is 17.6. The fraction of sp³-hybridized carbons (Fsp3) is 0.250. The van der Waals surface area contributed by atoms with E-state index in [-0.39, 0.29) is 27.1 Å². The fourth-order valence-corrected chi connectivity index (χ4v) is 4.91. The molecule has 0 saturated heterocycles. The lowest BCUT2D eigenvalue weighted by Gasteiger charge is -2.07. The summed E-state index contributed by atoms with van der Waals surface area (Å²) in [6, 6.07) is 7.26. The number of thiophene rings is 1. The number of thioether (sulfide) groups is 1. The van der Waals surface area contributed by atoms with Gasteiger partial charge in [-0.15, -0.1) is 21.5 Å². The van der Waals surface area contributed by atoms with Crippen LogP contribution in [0.25, 0.3) is 11.4 Å². The molecule has 32 heavy (non-hydrogen) atoms. The van der Waals surface area contributed by atoms with E-state index in [1.165, 1.54) is 26.0 Å². The van der Waals surface area contributed by atoms with Gasteiger partial charge in [0.1, 0.15) is 9.88 Å². The first-order valence-corrected chi connectivity index (χ1v) is 11.3. The Morgan fingerprint density at radius 1 is 1.16 bits per heavy atom. The standard InChI is InChI=1S/C20H19ClN4O5S2/c1-10-14(18(27)29-3)17(32-15(10)19(28)30-4)22-13(26)9-31-20-24-23-16(25(20)2)11-7-5-6-8-12(11)21/h5-8H,9H2,1-4H3,(H,22,26). The highest BCUT2D eigenvalue weighted by Crippen LogP contribution is 2.34. The number of amides is 1. The van der Waals surface area contributed by atoms with E-state index in [0.717, 1.165) is 16.9 Å². The van der Waals surface area contributed by atoms with Crippen molar-refractivity contribution in [3.8, 4) is 11.4 Å². The lowest BCUT2D eigenvalue weighted by atomic mass is 10.1. The van der Waals surface area contributed by atoms with Crippen LogP contribution in [0.2, 0.25) is 5.02 Å². The molecule has 3 rings (SSSR count). The Morgan fingerprint density at radius 2 is 1.84 bits per heavy atom. The topological polar surface area (TPSA) is 112 Å². The lowest BCUT2D eigenvalue weighted by molar-refractivity contribution is -0.113. The molecule has 0 radical (unpaired) electrons. The Balaban J connectivity index is 1.75. The minimum absolute atomic E-state index is 0.000384. The Labute approximate surface area is 197 Å². The van der Waals surface area contributed by atoms with Crippen molar-refractivity contribution in [2.75, 3.05) is 25.3 Å². The Morgan fingerprint density at radius 3 is 2.50 bits per heavy atom. The summed E-state index contributed by atoms with van der Waals surface area (Å²) in [5.41, 5.74) is 1.23. The number of carbonyl (C=O) groups is 3. The van der Waals surface area contributed by atoms with Gasteiger partial charge in [-0.1, -0.05) is 35.5 Å². The predicted molar refractivity (Wildman–Crippen MR) is 123 cm³/mol. The molecule has 0 unspecified atom stereocenters. The number of aromatic nitrogens is 3. The SMILES string of the molecule is COC(=O)c1sc(NC(=O)CSc2nnc(-c3ccccc3Cl)n2C)c(C(=O)OC)c1C. The zero-order chi connectivity index (χ0) is 23.4. The van der Waals surface area contributed by atoms with Crippen LogP contribution < -0.4 is 5.32 Å². The smallest absolute Gasteiger partial charge is 0.348 e. The quantitative estimate of drug-likeness (QED) is 0.389. The van der Waals surface area contributed by atoms with E-state index in [2.05, 4.69) is 15.5 Å². The number of halogens is 1. The molecule has 1 N–H and O–H groups in total. The van der Waals surface area contributed by atoms with Crippen LogP contribution >= 0.6 is 34.7 Å². The second-order valence-corrected chi connectivity index (χ2v) is 8.80. The normalized spacial score (nSPS) is 10.7. The summed E-state index contributed by atoms with van der Waals surface area (Å²) >= 11 is 8.36. The molecule has 12 heteroatoms. The maximum absolute atomic E-state index is 12.6. The molecular formula is C20H19ClN4O5S2. The minimum Gasteiger partial charge on any atom is -0.465 e. The van der Waals surface area contributed by atoms with Gasteiger partial charge in [-0.3, -0.25) is 4.79 Å². The number of hydrogen-bond donors (Lipinski definition) is 1. The summed E-state index contributed by atoms with van der Waals surface area (Å²) in [5, 5.41) is 12.2. The van der Waals surface area contributed by atoms with Gasteiger partial charge in [0.25, 0.3) is 0 Å². The van der Waals surface area contributed by atoms with Crippen molar-refractivity contribution in [3.63, 3.8) is 0 Å². The molecule has 0 atom stereocenters. The molecule has 0 aliphatic rings. The van der Waals surface area contributed by atoms with E-state index >= 15 is 0 Å². The van der Waals surface area contributed by atoms with Crippen LogP contribution in [0.15, 0.2) is 29.4 Å². The molecule has 0 bridgehead atoms. The third kappa shape index (κ3) is 4.79. The number of hydrogen-bond acceptors (Lipinski definition) is 9. The van der Waals surface area contributed by atoms with Gasteiger partial charge in [0.15, 0.2) is 11.0 Å². The molecule has 0 aliphatic carbocycles. The molecule has 0 spiro atoms. The largest absolute Gasteiger partial charge is 0.465 e.